The van der Waals surface area contributed by atoms with E-state index in [4.69, 9.17) is 9.47 Å². The Morgan fingerprint density at radius 3 is 2.94 bits per heavy atom. The van der Waals surface area contributed by atoms with Crippen molar-refractivity contribution in [1.82, 2.24) is 0 Å². The number of ether oxygens (including phenoxy) is 2. The Kier molecular flexibility index (Phi) is 4.04. The Labute approximate surface area is 102 Å². The summed E-state index contributed by atoms with van der Waals surface area (Å²) in [5, 5.41) is 9.27. The third kappa shape index (κ3) is 3.01. The van der Waals surface area contributed by atoms with Crippen LogP contribution in [0.1, 0.15) is 24.8 Å². The number of methoxy groups -OCH3 is 1. The molecule has 0 amide bonds. The zero-order chi connectivity index (χ0) is 12.1. The molecular formula is C14H18O3. The number of benzene rings is 1. The van der Waals surface area contributed by atoms with E-state index in [2.05, 4.69) is 12.2 Å². The summed E-state index contributed by atoms with van der Waals surface area (Å²) in [5.74, 6) is 1.46. The highest BCUT2D eigenvalue weighted by atomic mass is 16.5. The molecule has 0 fully saturated rings. The smallest absolute Gasteiger partial charge is 0.129 e. The summed E-state index contributed by atoms with van der Waals surface area (Å²) in [4.78, 5) is 0. The van der Waals surface area contributed by atoms with Gasteiger partial charge in [0.1, 0.15) is 17.6 Å². The Balaban J connectivity index is 2.17. The average Bonchev–Trinajstić information content (AvgIpc) is 2.40. The third-order valence-electron chi connectivity index (χ3n) is 2.93. The molecule has 1 aliphatic carbocycles. The van der Waals surface area contributed by atoms with Crippen LogP contribution in [0.4, 0.5) is 0 Å². The summed E-state index contributed by atoms with van der Waals surface area (Å²) < 4.78 is 11.1. The fraction of sp³-hybridized carbons (Fsp3) is 0.429. The number of allylic oxidation sites excluding steroid dienone is 1. The molecule has 0 saturated carbocycles. The van der Waals surface area contributed by atoms with Gasteiger partial charge < -0.3 is 14.6 Å². The highest BCUT2D eigenvalue weighted by Gasteiger charge is 2.13. The number of hydrogen-bond donors (Lipinski definition) is 1. The summed E-state index contributed by atoms with van der Waals surface area (Å²) in [6.07, 6.45) is 7.65. The second-order valence-electron chi connectivity index (χ2n) is 4.15. The van der Waals surface area contributed by atoms with E-state index in [0.717, 1.165) is 30.6 Å². The van der Waals surface area contributed by atoms with Crippen LogP contribution in [0, 0.1) is 0 Å². The molecule has 2 rings (SSSR count). The largest absolute Gasteiger partial charge is 0.497 e. The van der Waals surface area contributed by atoms with Crippen LogP contribution in [0.2, 0.25) is 0 Å². The molecule has 0 heterocycles. The van der Waals surface area contributed by atoms with Gasteiger partial charge in [0.2, 0.25) is 0 Å². The van der Waals surface area contributed by atoms with E-state index in [1.807, 2.05) is 18.2 Å². The molecule has 1 atom stereocenters. The van der Waals surface area contributed by atoms with E-state index in [1.54, 1.807) is 7.11 Å². The minimum absolute atomic E-state index is 0.0181. The van der Waals surface area contributed by atoms with Crippen LogP contribution in [0.3, 0.4) is 0 Å². The minimum Gasteiger partial charge on any atom is -0.497 e. The summed E-state index contributed by atoms with van der Waals surface area (Å²) in [7, 11) is 1.62. The first-order valence-electron chi connectivity index (χ1n) is 5.94. The van der Waals surface area contributed by atoms with Crippen molar-refractivity contribution in [1.29, 1.82) is 0 Å². The van der Waals surface area contributed by atoms with Crippen molar-refractivity contribution in [3.63, 3.8) is 0 Å². The van der Waals surface area contributed by atoms with Crippen molar-refractivity contribution in [3.8, 4) is 11.5 Å². The van der Waals surface area contributed by atoms with E-state index in [-0.39, 0.29) is 12.7 Å². The zero-order valence-corrected chi connectivity index (χ0v) is 10.1. The quantitative estimate of drug-likeness (QED) is 0.814. The van der Waals surface area contributed by atoms with Crippen LogP contribution in [0.25, 0.3) is 0 Å². The molecule has 0 spiro atoms. The molecule has 0 aromatic heterocycles. The Bertz CT molecular complexity index is 398. The van der Waals surface area contributed by atoms with Crippen molar-refractivity contribution in [2.24, 2.45) is 0 Å². The predicted molar refractivity (Wildman–Crippen MR) is 66.3 cm³/mol. The van der Waals surface area contributed by atoms with Gasteiger partial charge in [-0.1, -0.05) is 6.08 Å². The highest BCUT2D eigenvalue weighted by Crippen LogP contribution is 2.27. The fourth-order valence-corrected chi connectivity index (χ4v) is 1.94. The second-order valence-corrected chi connectivity index (χ2v) is 4.15. The molecular weight excluding hydrogens is 216 g/mol. The molecule has 1 aromatic rings. The molecule has 92 valence electrons. The minimum atomic E-state index is -0.0181. The van der Waals surface area contributed by atoms with E-state index in [9.17, 15) is 5.11 Å². The Morgan fingerprint density at radius 2 is 2.29 bits per heavy atom. The second kappa shape index (κ2) is 5.73. The van der Waals surface area contributed by atoms with Crippen LogP contribution in [0.15, 0.2) is 30.4 Å². The lowest BCUT2D eigenvalue weighted by molar-refractivity contribution is 0.215. The van der Waals surface area contributed by atoms with Crippen molar-refractivity contribution < 1.29 is 14.6 Å². The summed E-state index contributed by atoms with van der Waals surface area (Å²) in [5.41, 5.74) is 0.796. The van der Waals surface area contributed by atoms with Gasteiger partial charge in [-0.25, -0.2) is 0 Å². The molecule has 1 aliphatic rings. The summed E-state index contributed by atoms with van der Waals surface area (Å²) in [6, 6.07) is 5.49. The van der Waals surface area contributed by atoms with Gasteiger partial charge in [-0.05, 0) is 37.5 Å². The molecule has 0 saturated heterocycles. The monoisotopic (exact) mass is 234 g/mol. The molecule has 0 aliphatic heterocycles. The summed E-state index contributed by atoms with van der Waals surface area (Å²) in [6.45, 7) is -0.0181. The van der Waals surface area contributed by atoms with Crippen LogP contribution in [-0.2, 0) is 6.61 Å². The molecule has 3 heteroatoms. The van der Waals surface area contributed by atoms with Gasteiger partial charge in [-0.15, -0.1) is 0 Å². The maximum atomic E-state index is 9.27. The van der Waals surface area contributed by atoms with Crippen LogP contribution >= 0.6 is 0 Å². The first kappa shape index (κ1) is 12.0. The lowest BCUT2D eigenvalue weighted by atomic mass is 10.1. The molecule has 1 N–H and O–H groups in total. The topological polar surface area (TPSA) is 38.7 Å². The van der Waals surface area contributed by atoms with E-state index < -0.39 is 0 Å². The van der Waals surface area contributed by atoms with Crippen LogP contribution in [0.5, 0.6) is 11.5 Å². The standard InChI is InChI=1S/C14H18O3/c1-16-13-8-7-11(10-15)14(9-13)17-12-5-3-2-4-6-12/h3,5,7-9,12,15H,2,4,6,10H2,1H3. The predicted octanol–water partition coefficient (Wildman–Crippen LogP) is 2.68. The van der Waals surface area contributed by atoms with Crippen LogP contribution in [-0.4, -0.2) is 18.3 Å². The van der Waals surface area contributed by atoms with E-state index in [0.29, 0.717) is 5.75 Å². The normalized spacial score (nSPS) is 19.1. The number of rotatable bonds is 4. The average molecular weight is 234 g/mol. The Hall–Kier alpha value is -1.48. The van der Waals surface area contributed by atoms with Crippen molar-refractivity contribution in [3.05, 3.63) is 35.9 Å². The van der Waals surface area contributed by atoms with Gasteiger partial charge in [-0.2, -0.15) is 0 Å². The molecule has 1 unspecified atom stereocenters. The van der Waals surface area contributed by atoms with Gasteiger partial charge in [0, 0.05) is 11.6 Å². The van der Waals surface area contributed by atoms with Gasteiger partial charge in [0.25, 0.3) is 0 Å². The zero-order valence-electron chi connectivity index (χ0n) is 10.1. The maximum absolute atomic E-state index is 9.27. The lowest BCUT2D eigenvalue weighted by Gasteiger charge is -2.20. The van der Waals surface area contributed by atoms with Gasteiger partial charge in [-0.3, -0.25) is 0 Å². The Morgan fingerprint density at radius 1 is 1.41 bits per heavy atom. The maximum Gasteiger partial charge on any atom is 0.129 e. The lowest BCUT2D eigenvalue weighted by Crippen LogP contribution is -2.16. The fourth-order valence-electron chi connectivity index (χ4n) is 1.94. The van der Waals surface area contributed by atoms with Gasteiger partial charge >= 0.3 is 0 Å². The molecule has 1 aromatic carbocycles. The number of hydrogen-bond acceptors (Lipinski definition) is 3. The summed E-state index contributed by atoms with van der Waals surface area (Å²) >= 11 is 0. The van der Waals surface area contributed by atoms with Crippen LogP contribution < -0.4 is 9.47 Å². The molecule has 17 heavy (non-hydrogen) atoms. The van der Waals surface area contributed by atoms with Crippen molar-refractivity contribution >= 4 is 0 Å². The first-order valence-corrected chi connectivity index (χ1v) is 5.94. The highest BCUT2D eigenvalue weighted by molar-refractivity contribution is 5.40. The van der Waals surface area contributed by atoms with E-state index >= 15 is 0 Å². The molecule has 3 nitrogen and oxygen atoms in total. The number of aliphatic hydroxyl groups is 1. The van der Waals surface area contributed by atoms with Crippen molar-refractivity contribution in [2.45, 2.75) is 32.0 Å². The van der Waals surface area contributed by atoms with Gasteiger partial charge in [0.05, 0.1) is 13.7 Å². The van der Waals surface area contributed by atoms with E-state index in [1.165, 1.54) is 0 Å². The van der Waals surface area contributed by atoms with Crippen molar-refractivity contribution in [2.75, 3.05) is 7.11 Å². The SMILES string of the molecule is COc1ccc(CO)c(OC2C=CCCC2)c1. The molecule has 0 bridgehead atoms. The van der Waals surface area contributed by atoms with Gasteiger partial charge in [0.15, 0.2) is 0 Å². The first-order chi connectivity index (χ1) is 8.33. The third-order valence-corrected chi connectivity index (χ3v) is 2.93. The molecule has 0 radical (unpaired) electrons. The number of aliphatic hydroxyl groups excluding tert-OH is 1.